The van der Waals surface area contributed by atoms with Gasteiger partial charge in [0.2, 0.25) is 0 Å². The van der Waals surface area contributed by atoms with Crippen LogP contribution in [-0.2, 0) is 11.8 Å². The van der Waals surface area contributed by atoms with E-state index >= 15 is 0 Å². The van der Waals surface area contributed by atoms with Gasteiger partial charge in [-0.25, -0.2) is 9.31 Å². The van der Waals surface area contributed by atoms with Crippen molar-refractivity contribution < 1.29 is 9.53 Å². The van der Waals surface area contributed by atoms with Crippen molar-refractivity contribution in [2.45, 2.75) is 39.3 Å². The number of rotatable bonds is 2. The Bertz CT molecular complexity index is 1160. The Labute approximate surface area is 181 Å². The molecule has 1 aliphatic rings. The maximum Gasteiger partial charge on any atom is 0.410 e. The van der Waals surface area contributed by atoms with E-state index in [-0.39, 0.29) is 12.1 Å². The van der Waals surface area contributed by atoms with Gasteiger partial charge < -0.3 is 14.5 Å². The van der Waals surface area contributed by atoms with Gasteiger partial charge in [-0.15, -0.1) is 0 Å². The lowest BCUT2D eigenvalue weighted by Crippen LogP contribution is -2.55. The fraction of sp³-hybridized carbons (Fsp3) is 0.455. The molecule has 1 fully saturated rings. The molecule has 31 heavy (non-hydrogen) atoms. The standard InChI is InChI=1S/C22H27N7O2/c1-15-12-27(6-7-28(15)21(30)31-22(2,3)4)19-8-16(18-11-24-26(5)13-18)14-29-20(19)17(9-23)10-25-29/h8,10-11,13-15H,6-7,12H2,1-5H3/t15-/m1/s1. The number of carbonyl (C=O) groups is 1. The van der Waals surface area contributed by atoms with E-state index in [0.717, 1.165) is 22.3 Å². The van der Waals surface area contributed by atoms with Gasteiger partial charge in [0.25, 0.3) is 0 Å². The first-order valence-electron chi connectivity index (χ1n) is 10.3. The third-order valence-electron chi connectivity index (χ3n) is 5.35. The number of ether oxygens (including phenoxy) is 1. The number of nitriles is 1. The summed E-state index contributed by atoms with van der Waals surface area (Å²) in [6, 6.07) is 4.28. The molecule has 0 N–H and O–H groups in total. The van der Waals surface area contributed by atoms with Crippen molar-refractivity contribution in [3.05, 3.63) is 36.4 Å². The molecule has 1 saturated heterocycles. The number of aryl methyl sites for hydroxylation is 1. The first-order chi connectivity index (χ1) is 14.7. The van der Waals surface area contributed by atoms with Crippen LogP contribution in [0.25, 0.3) is 16.6 Å². The molecule has 0 saturated carbocycles. The number of nitrogens with zero attached hydrogens (tertiary/aromatic N) is 7. The minimum Gasteiger partial charge on any atom is -0.444 e. The topological polar surface area (TPSA) is 91.7 Å². The summed E-state index contributed by atoms with van der Waals surface area (Å²) in [6.45, 7) is 9.42. The van der Waals surface area contributed by atoms with Crippen molar-refractivity contribution in [3.8, 4) is 17.2 Å². The zero-order valence-corrected chi connectivity index (χ0v) is 18.5. The van der Waals surface area contributed by atoms with Crippen LogP contribution in [0.1, 0.15) is 33.3 Å². The molecule has 4 rings (SSSR count). The highest BCUT2D eigenvalue weighted by atomic mass is 16.6. The molecule has 0 bridgehead atoms. The Kier molecular flexibility index (Phi) is 5.09. The molecule has 1 amide bonds. The Morgan fingerprint density at radius 2 is 1.97 bits per heavy atom. The summed E-state index contributed by atoms with van der Waals surface area (Å²) in [5.74, 6) is 0. The largest absolute Gasteiger partial charge is 0.444 e. The number of hydrogen-bond acceptors (Lipinski definition) is 6. The second-order valence-electron chi connectivity index (χ2n) is 8.95. The maximum absolute atomic E-state index is 12.6. The molecular formula is C22H27N7O2. The van der Waals surface area contributed by atoms with E-state index in [1.807, 2.05) is 53.3 Å². The zero-order valence-electron chi connectivity index (χ0n) is 18.5. The van der Waals surface area contributed by atoms with Crippen molar-refractivity contribution in [3.63, 3.8) is 0 Å². The third kappa shape index (κ3) is 4.06. The average Bonchev–Trinajstić information content (AvgIpc) is 3.31. The summed E-state index contributed by atoms with van der Waals surface area (Å²) >= 11 is 0. The van der Waals surface area contributed by atoms with E-state index in [4.69, 9.17) is 4.74 Å². The average molecular weight is 422 g/mol. The molecule has 1 aliphatic heterocycles. The molecule has 0 aromatic carbocycles. The van der Waals surface area contributed by atoms with Gasteiger partial charge in [-0.05, 0) is 33.8 Å². The van der Waals surface area contributed by atoms with Crippen molar-refractivity contribution in [2.24, 2.45) is 7.05 Å². The molecule has 0 spiro atoms. The number of pyridine rings is 1. The smallest absolute Gasteiger partial charge is 0.410 e. The highest BCUT2D eigenvalue weighted by Gasteiger charge is 2.32. The normalized spacial score (nSPS) is 17.1. The van der Waals surface area contributed by atoms with Crippen molar-refractivity contribution in [2.75, 3.05) is 24.5 Å². The van der Waals surface area contributed by atoms with E-state index in [0.29, 0.717) is 25.2 Å². The molecule has 0 unspecified atom stereocenters. The van der Waals surface area contributed by atoms with Crippen molar-refractivity contribution in [1.29, 1.82) is 5.26 Å². The highest BCUT2D eigenvalue weighted by Crippen LogP contribution is 2.32. The molecule has 162 valence electrons. The summed E-state index contributed by atoms with van der Waals surface area (Å²) in [6.07, 6.45) is 6.96. The summed E-state index contributed by atoms with van der Waals surface area (Å²) in [5, 5.41) is 18.3. The molecule has 0 aliphatic carbocycles. The Morgan fingerprint density at radius 1 is 1.19 bits per heavy atom. The number of aromatic nitrogens is 4. The van der Waals surface area contributed by atoms with Crippen LogP contribution < -0.4 is 4.90 Å². The summed E-state index contributed by atoms with van der Waals surface area (Å²) < 4.78 is 9.07. The van der Waals surface area contributed by atoms with Crippen LogP contribution in [0.5, 0.6) is 0 Å². The molecule has 9 nitrogen and oxygen atoms in total. The molecular weight excluding hydrogens is 394 g/mol. The van der Waals surface area contributed by atoms with E-state index in [2.05, 4.69) is 27.2 Å². The lowest BCUT2D eigenvalue weighted by Gasteiger charge is -2.41. The van der Waals surface area contributed by atoms with E-state index in [1.165, 1.54) is 0 Å². The number of fused-ring (bicyclic) bond motifs is 1. The van der Waals surface area contributed by atoms with E-state index in [9.17, 15) is 10.1 Å². The predicted molar refractivity (Wildman–Crippen MR) is 117 cm³/mol. The first kappa shape index (κ1) is 20.7. The molecule has 3 aromatic heterocycles. The summed E-state index contributed by atoms with van der Waals surface area (Å²) in [7, 11) is 1.88. The van der Waals surface area contributed by atoms with Gasteiger partial charge in [-0.2, -0.15) is 15.5 Å². The fourth-order valence-corrected chi connectivity index (χ4v) is 3.92. The number of anilines is 1. The summed E-state index contributed by atoms with van der Waals surface area (Å²) in [5.41, 5.74) is 3.62. The Balaban J connectivity index is 1.68. The molecule has 9 heteroatoms. The number of amides is 1. The van der Waals surface area contributed by atoms with Gasteiger partial charge in [-0.1, -0.05) is 0 Å². The molecule has 0 radical (unpaired) electrons. The maximum atomic E-state index is 12.6. The van der Waals surface area contributed by atoms with Crippen LogP contribution in [-0.4, -0.2) is 61.7 Å². The molecule has 3 aromatic rings. The minimum absolute atomic E-state index is 0.0424. The van der Waals surface area contributed by atoms with Gasteiger partial charge in [0, 0.05) is 56.2 Å². The first-order valence-corrected chi connectivity index (χ1v) is 10.3. The van der Waals surface area contributed by atoms with Crippen LogP contribution in [0.4, 0.5) is 10.5 Å². The van der Waals surface area contributed by atoms with E-state index in [1.54, 1.807) is 20.3 Å². The second-order valence-corrected chi connectivity index (χ2v) is 8.95. The number of piperazine rings is 1. The van der Waals surface area contributed by atoms with Gasteiger partial charge in [0.1, 0.15) is 17.2 Å². The Morgan fingerprint density at radius 3 is 2.58 bits per heavy atom. The number of carbonyl (C=O) groups excluding carboxylic acids is 1. The van der Waals surface area contributed by atoms with Crippen LogP contribution in [0.15, 0.2) is 30.9 Å². The van der Waals surface area contributed by atoms with E-state index < -0.39 is 5.60 Å². The highest BCUT2D eigenvalue weighted by molar-refractivity contribution is 5.83. The third-order valence-corrected chi connectivity index (χ3v) is 5.35. The van der Waals surface area contributed by atoms with Crippen LogP contribution in [0.2, 0.25) is 0 Å². The van der Waals surface area contributed by atoms with Crippen molar-refractivity contribution in [1.82, 2.24) is 24.3 Å². The van der Waals surface area contributed by atoms with Crippen molar-refractivity contribution >= 4 is 17.3 Å². The van der Waals surface area contributed by atoms with Gasteiger partial charge in [0.15, 0.2) is 0 Å². The number of hydrogen-bond donors (Lipinski definition) is 0. The molecule has 1 atom stereocenters. The van der Waals surface area contributed by atoms with Crippen LogP contribution in [0, 0.1) is 11.3 Å². The van der Waals surface area contributed by atoms with Gasteiger partial charge >= 0.3 is 6.09 Å². The fourth-order valence-electron chi connectivity index (χ4n) is 3.92. The van der Waals surface area contributed by atoms with Gasteiger partial charge in [-0.3, -0.25) is 4.68 Å². The minimum atomic E-state index is -0.530. The zero-order chi connectivity index (χ0) is 22.3. The second kappa shape index (κ2) is 7.61. The lowest BCUT2D eigenvalue weighted by atomic mass is 10.1. The SMILES string of the molecule is C[C@@H]1CN(c2cc(-c3cnn(C)c3)cn3ncc(C#N)c23)CCN1C(=O)OC(C)(C)C. The monoisotopic (exact) mass is 421 g/mol. The quantitative estimate of drug-likeness (QED) is 0.632. The summed E-state index contributed by atoms with van der Waals surface area (Å²) in [4.78, 5) is 16.6. The molecule has 4 heterocycles. The Hall–Kier alpha value is -3.54. The lowest BCUT2D eigenvalue weighted by molar-refractivity contribution is 0.0159. The predicted octanol–water partition coefficient (Wildman–Crippen LogP) is 3.05. The van der Waals surface area contributed by atoms with Gasteiger partial charge in [0.05, 0.1) is 23.6 Å². The van der Waals surface area contributed by atoms with Crippen LogP contribution in [0.3, 0.4) is 0 Å². The van der Waals surface area contributed by atoms with Crippen LogP contribution >= 0.6 is 0 Å².